The van der Waals surface area contributed by atoms with E-state index in [1.807, 2.05) is 31.2 Å². The first-order valence-corrected chi connectivity index (χ1v) is 7.24. The highest BCUT2D eigenvalue weighted by molar-refractivity contribution is 6.09. The number of aromatic nitrogens is 1. The Morgan fingerprint density at radius 3 is 2.64 bits per heavy atom. The van der Waals surface area contributed by atoms with Crippen LogP contribution in [0.5, 0.6) is 5.75 Å². The molecule has 5 heteroatoms. The van der Waals surface area contributed by atoms with E-state index < -0.39 is 0 Å². The van der Waals surface area contributed by atoms with Crippen LogP contribution in [0.1, 0.15) is 39.0 Å². The van der Waals surface area contributed by atoms with E-state index in [9.17, 15) is 9.59 Å². The summed E-state index contributed by atoms with van der Waals surface area (Å²) >= 11 is 0. The lowest BCUT2D eigenvalue weighted by Crippen LogP contribution is -2.38. The fourth-order valence-corrected chi connectivity index (χ4v) is 3.01. The van der Waals surface area contributed by atoms with Gasteiger partial charge in [-0.05, 0) is 38.5 Å². The summed E-state index contributed by atoms with van der Waals surface area (Å²) in [6, 6.07) is 7.47. The quantitative estimate of drug-likeness (QED) is 0.867. The summed E-state index contributed by atoms with van der Waals surface area (Å²) in [5.41, 5.74) is 3.27. The highest BCUT2D eigenvalue weighted by Gasteiger charge is 2.28. The average Bonchev–Trinajstić information content (AvgIpc) is 2.81. The van der Waals surface area contributed by atoms with E-state index in [1.54, 1.807) is 11.8 Å². The van der Waals surface area contributed by atoms with Crippen molar-refractivity contribution >= 4 is 17.4 Å². The van der Waals surface area contributed by atoms with Crippen molar-refractivity contribution in [1.82, 2.24) is 4.98 Å². The van der Waals surface area contributed by atoms with Crippen LogP contribution in [0.3, 0.4) is 0 Å². The topological polar surface area (TPSA) is 62.4 Å². The van der Waals surface area contributed by atoms with E-state index in [2.05, 4.69) is 4.98 Å². The first kappa shape index (κ1) is 14.4. The maximum atomic E-state index is 12.9. The number of aromatic amines is 1. The van der Waals surface area contributed by atoms with Crippen LogP contribution < -0.4 is 9.64 Å². The van der Waals surface area contributed by atoms with Gasteiger partial charge in [-0.2, -0.15) is 0 Å². The molecule has 0 fully saturated rings. The number of anilines is 1. The van der Waals surface area contributed by atoms with Gasteiger partial charge >= 0.3 is 0 Å². The zero-order valence-corrected chi connectivity index (χ0v) is 12.9. The van der Waals surface area contributed by atoms with Gasteiger partial charge in [-0.25, -0.2) is 0 Å². The molecule has 1 amide bonds. The molecule has 0 spiro atoms. The van der Waals surface area contributed by atoms with Gasteiger partial charge in [0.05, 0.1) is 12.2 Å². The van der Waals surface area contributed by atoms with Crippen LogP contribution >= 0.6 is 0 Å². The van der Waals surface area contributed by atoms with Gasteiger partial charge in [0.25, 0.3) is 5.91 Å². The minimum absolute atomic E-state index is 0.0346. The molecule has 0 atom stereocenters. The van der Waals surface area contributed by atoms with Gasteiger partial charge in [-0.1, -0.05) is 12.1 Å². The molecule has 0 bridgehead atoms. The molecule has 0 unspecified atom stereocenters. The molecule has 0 saturated carbocycles. The summed E-state index contributed by atoms with van der Waals surface area (Å²) < 4.78 is 5.58. The van der Waals surface area contributed by atoms with E-state index in [1.165, 1.54) is 6.92 Å². The van der Waals surface area contributed by atoms with Crippen molar-refractivity contribution in [1.29, 1.82) is 0 Å². The van der Waals surface area contributed by atoms with Gasteiger partial charge in [0.1, 0.15) is 18.1 Å². The molecule has 0 aliphatic carbocycles. The number of Topliss-reactive ketones (excluding diaryl/α,β-unsaturated/α-hetero) is 1. The number of fused-ring (bicyclic) bond motifs is 1. The number of para-hydroxylation sites is 2. The molecule has 1 aromatic heterocycles. The summed E-state index contributed by atoms with van der Waals surface area (Å²) in [5.74, 6) is 0.534. The number of H-pyrrole nitrogens is 1. The zero-order valence-electron chi connectivity index (χ0n) is 12.9. The fourth-order valence-electron chi connectivity index (χ4n) is 3.01. The summed E-state index contributed by atoms with van der Waals surface area (Å²) in [7, 11) is 0. The first-order valence-electron chi connectivity index (χ1n) is 7.24. The minimum Gasteiger partial charge on any atom is -0.490 e. The Balaban J connectivity index is 2.03. The van der Waals surface area contributed by atoms with E-state index >= 15 is 0 Å². The maximum Gasteiger partial charge on any atom is 0.275 e. The van der Waals surface area contributed by atoms with Crippen molar-refractivity contribution in [3.63, 3.8) is 0 Å². The second kappa shape index (κ2) is 5.33. The van der Waals surface area contributed by atoms with Crippen LogP contribution in [0.25, 0.3) is 0 Å². The summed E-state index contributed by atoms with van der Waals surface area (Å²) in [6.45, 7) is 6.08. The summed E-state index contributed by atoms with van der Waals surface area (Å²) in [4.78, 5) is 29.4. The molecule has 5 nitrogen and oxygen atoms in total. The van der Waals surface area contributed by atoms with Gasteiger partial charge in [0, 0.05) is 11.3 Å². The Hall–Kier alpha value is -2.56. The lowest BCUT2D eigenvalue weighted by Gasteiger charge is -2.29. The standard InChI is InChI=1S/C17H18N2O3/c1-10-15(12(3)20)11(2)18-16(10)17(21)19-8-9-22-14-7-5-4-6-13(14)19/h4-7,18H,8-9H2,1-3H3. The molecular formula is C17H18N2O3. The second-order valence-electron chi connectivity index (χ2n) is 5.45. The number of hydrogen-bond donors (Lipinski definition) is 1. The molecule has 2 heterocycles. The van der Waals surface area contributed by atoms with E-state index in [4.69, 9.17) is 4.74 Å². The van der Waals surface area contributed by atoms with Gasteiger partial charge in [-0.15, -0.1) is 0 Å². The molecule has 114 valence electrons. The van der Waals surface area contributed by atoms with E-state index in [0.29, 0.717) is 35.7 Å². The Morgan fingerprint density at radius 1 is 1.23 bits per heavy atom. The molecule has 1 aliphatic heterocycles. The van der Waals surface area contributed by atoms with Gasteiger partial charge in [0.15, 0.2) is 5.78 Å². The molecule has 2 aromatic rings. The fraction of sp³-hybridized carbons (Fsp3) is 0.294. The number of ether oxygens (including phenoxy) is 1. The number of amides is 1. The Bertz CT molecular complexity index is 761. The highest BCUT2D eigenvalue weighted by Crippen LogP contribution is 2.32. The molecule has 3 rings (SSSR count). The highest BCUT2D eigenvalue weighted by atomic mass is 16.5. The molecule has 1 N–H and O–H groups in total. The predicted molar refractivity (Wildman–Crippen MR) is 83.9 cm³/mol. The number of aryl methyl sites for hydroxylation is 1. The third-order valence-corrected chi connectivity index (χ3v) is 3.98. The summed E-state index contributed by atoms with van der Waals surface area (Å²) in [6.07, 6.45) is 0. The van der Waals surface area contributed by atoms with Crippen molar-refractivity contribution < 1.29 is 14.3 Å². The van der Waals surface area contributed by atoms with Crippen molar-refractivity contribution in [3.8, 4) is 5.75 Å². The van der Waals surface area contributed by atoms with Gasteiger partial charge in [-0.3, -0.25) is 9.59 Å². The number of benzene rings is 1. The third-order valence-electron chi connectivity index (χ3n) is 3.98. The Morgan fingerprint density at radius 2 is 1.95 bits per heavy atom. The zero-order chi connectivity index (χ0) is 15.9. The molecule has 1 aliphatic rings. The molecule has 0 radical (unpaired) electrons. The number of nitrogens with one attached hydrogen (secondary N) is 1. The van der Waals surface area contributed by atoms with Gasteiger partial charge in [0.2, 0.25) is 0 Å². The monoisotopic (exact) mass is 298 g/mol. The van der Waals surface area contributed by atoms with Crippen LogP contribution in [0.2, 0.25) is 0 Å². The minimum atomic E-state index is -0.135. The van der Waals surface area contributed by atoms with Crippen LogP contribution in [0.15, 0.2) is 24.3 Å². The van der Waals surface area contributed by atoms with Crippen LogP contribution in [0.4, 0.5) is 5.69 Å². The number of rotatable bonds is 2. The van der Waals surface area contributed by atoms with Crippen LogP contribution in [-0.2, 0) is 0 Å². The molecule has 1 aromatic carbocycles. The Labute approximate surface area is 128 Å². The van der Waals surface area contributed by atoms with Crippen molar-refractivity contribution in [3.05, 3.63) is 46.8 Å². The normalized spacial score (nSPS) is 13.5. The van der Waals surface area contributed by atoms with Crippen LogP contribution in [-0.4, -0.2) is 29.8 Å². The molecule has 0 saturated heterocycles. The van der Waals surface area contributed by atoms with Crippen LogP contribution in [0, 0.1) is 13.8 Å². The number of nitrogens with zero attached hydrogens (tertiary/aromatic N) is 1. The largest absolute Gasteiger partial charge is 0.490 e. The average molecular weight is 298 g/mol. The lowest BCUT2D eigenvalue weighted by molar-refractivity contribution is 0.0971. The second-order valence-corrected chi connectivity index (χ2v) is 5.45. The van der Waals surface area contributed by atoms with Gasteiger partial charge < -0.3 is 14.6 Å². The molecule has 22 heavy (non-hydrogen) atoms. The summed E-state index contributed by atoms with van der Waals surface area (Å²) in [5, 5.41) is 0. The number of carbonyl (C=O) groups is 2. The molecular weight excluding hydrogens is 280 g/mol. The van der Waals surface area contributed by atoms with Crippen molar-refractivity contribution in [2.45, 2.75) is 20.8 Å². The SMILES string of the molecule is CC(=O)c1c(C)[nH]c(C(=O)N2CCOc3ccccc32)c1C. The lowest BCUT2D eigenvalue weighted by atomic mass is 10.1. The first-order chi connectivity index (χ1) is 10.5. The van der Waals surface area contributed by atoms with Crippen molar-refractivity contribution in [2.24, 2.45) is 0 Å². The number of ketones is 1. The number of hydrogen-bond acceptors (Lipinski definition) is 3. The smallest absolute Gasteiger partial charge is 0.275 e. The van der Waals surface area contributed by atoms with E-state index in [-0.39, 0.29) is 11.7 Å². The Kier molecular flexibility index (Phi) is 3.48. The predicted octanol–water partition coefficient (Wildman–Crippen LogP) is 2.87. The maximum absolute atomic E-state index is 12.9. The number of carbonyl (C=O) groups excluding carboxylic acids is 2. The van der Waals surface area contributed by atoms with Crippen molar-refractivity contribution in [2.75, 3.05) is 18.1 Å². The van der Waals surface area contributed by atoms with E-state index in [0.717, 1.165) is 11.4 Å². The third kappa shape index (κ3) is 2.19.